The van der Waals surface area contributed by atoms with E-state index < -0.39 is 0 Å². The average molecular weight is 276 g/mol. The number of carbonyl (C=O) groups excluding carboxylic acids is 1. The summed E-state index contributed by atoms with van der Waals surface area (Å²) in [6.07, 6.45) is 2.74. The molecule has 5 nitrogen and oxygen atoms in total. The minimum Gasteiger partial charge on any atom is -0.370 e. The molecule has 1 aromatic heterocycles. The predicted octanol–water partition coefficient (Wildman–Crippen LogP) is 1.68. The van der Waals surface area contributed by atoms with Crippen molar-refractivity contribution in [1.29, 1.82) is 0 Å². The molecule has 20 heavy (non-hydrogen) atoms. The van der Waals surface area contributed by atoms with Crippen LogP contribution in [0.15, 0.2) is 18.3 Å². The number of rotatable bonds is 5. The fourth-order valence-electron chi connectivity index (χ4n) is 2.36. The highest BCUT2D eigenvalue weighted by Crippen LogP contribution is 2.12. The van der Waals surface area contributed by atoms with Crippen LogP contribution in [0.4, 0.5) is 5.82 Å². The molecule has 0 bridgehead atoms. The second-order valence-corrected chi connectivity index (χ2v) is 5.08. The minimum absolute atomic E-state index is 0.114. The fourth-order valence-corrected chi connectivity index (χ4v) is 2.36. The maximum Gasteiger partial charge on any atom is 0.254 e. The topological polar surface area (TPSA) is 48.5 Å². The lowest BCUT2D eigenvalue weighted by molar-refractivity contribution is 0.0643. The molecule has 1 aromatic rings. The van der Waals surface area contributed by atoms with Crippen LogP contribution in [0, 0.1) is 0 Å². The number of pyridine rings is 1. The molecule has 1 aliphatic rings. The Morgan fingerprint density at radius 3 is 2.70 bits per heavy atom. The normalized spacial score (nSPS) is 16.2. The standard InChI is InChI=1S/C15H24N4O/c1-3-6-16-14-12-13(5-7-17-14)15(20)19-10-8-18(4-2)9-11-19/h5,7,12H,3-4,6,8-11H2,1-2H3,(H,16,17). The van der Waals surface area contributed by atoms with E-state index in [1.807, 2.05) is 11.0 Å². The second kappa shape index (κ2) is 7.24. The van der Waals surface area contributed by atoms with Crippen molar-refractivity contribution in [1.82, 2.24) is 14.8 Å². The van der Waals surface area contributed by atoms with Crippen LogP contribution >= 0.6 is 0 Å². The Morgan fingerprint density at radius 2 is 2.05 bits per heavy atom. The molecule has 2 heterocycles. The van der Waals surface area contributed by atoms with Gasteiger partial charge in [-0.1, -0.05) is 13.8 Å². The Kier molecular flexibility index (Phi) is 5.35. The maximum atomic E-state index is 12.5. The number of aromatic nitrogens is 1. The molecular weight excluding hydrogens is 252 g/mol. The highest BCUT2D eigenvalue weighted by molar-refractivity contribution is 5.94. The molecule has 1 N–H and O–H groups in total. The predicted molar refractivity (Wildman–Crippen MR) is 81.0 cm³/mol. The van der Waals surface area contributed by atoms with Crippen molar-refractivity contribution in [2.45, 2.75) is 20.3 Å². The average Bonchev–Trinajstić information content (AvgIpc) is 2.52. The molecule has 1 saturated heterocycles. The van der Waals surface area contributed by atoms with Gasteiger partial charge in [0, 0.05) is 44.5 Å². The van der Waals surface area contributed by atoms with Crippen molar-refractivity contribution in [3.05, 3.63) is 23.9 Å². The van der Waals surface area contributed by atoms with Gasteiger partial charge in [-0.25, -0.2) is 4.98 Å². The van der Waals surface area contributed by atoms with Gasteiger partial charge in [0.25, 0.3) is 5.91 Å². The number of carbonyl (C=O) groups is 1. The quantitative estimate of drug-likeness (QED) is 0.889. The van der Waals surface area contributed by atoms with E-state index in [0.29, 0.717) is 0 Å². The van der Waals surface area contributed by atoms with Crippen LogP contribution in [0.1, 0.15) is 30.6 Å². The Labute approximate surface area is 121 Å². The Balaban J connectivity index is 1.98. The van der Waals surface area contributed by atoms with E-state index in [4.69, 9.17) is 0 Å². The third-order valence-corrected chi connectivity index (χ3v) is 3.67. The molecule has 2 rings (SSSR count). The first-order chi connectivity index (χ1) is 9.74. The molecule has 5 heteroatoms. The highest BCUT2D eigenvalue weighted by atomic mass is 16.2. The summed E-state index contributed by atoms with van der Waals surface area (Å²) in [6, 6.07) is 3.65. The largest absolute Gasteiger partial charge is 0.370 e. The van der Waals surface area contributed by atoms with Gasteiger partial charge in [0.2, 0.25) is 0 Å². The Morgan fingerprint density at radius 1 is 1.30 bits per heavy atom. The summed E-state index contributed by atoms with van der Waals surface area (Å²) < 4.78 is 0. The van der Waals surface area contributed by atoms with Gasteiger partial charge in [0.05, 0.1) is 0 Å². The fraction of sp³-hybridized carbons (Fsp3) is 0.600. The van der Waals surface area contributed by atoms with E-state index in [2.05, 4.69) is 29.0 Å². The summed E-state index contributed by atoms with van der Waals surface area (Å²) >= 11 is 0. The zero-order valence-corrected chi connectivity index (χ0v) is 12.4. The van der Waals surface area contributed by atoms with Gasteiger partial charge < -0.3 is 15.1 Å². The van der Waals surface area contributed by atoms with E-state index in [0.717, 1.165) is 57.1 Å². The van der Waals surface area contributed by atoms with Crippen LogP contribution in [0.2, 0.25) is 0 Å². The van der Waals surface area contributed by atoms with E-state index >= 15 is 0 Å². The molecule has 0 aliphatic carbocycles. The van der Waals surface area contributed by atoms with Crippen LogP contribution in [0.3, 0.4) is 0 Å². The molecule has 1 amide bonds. The zero-order chi connectivity index (χ0) is 14.4. The monoisotopic (exact) mass is 276 g/mol. The van der Waals surface area contributed by atoms with Crippen molar-refractivity contribution in [2.75, 3.05) is 44.6 Å². The Bertz CT molecular complexity index is 441. The lowest BCUT2D eigenvalue weighted by Gasteiger charge is -2.34. The third kappa shape index (κ3) is 3.70. The minimum atomic E-state index is 0.114. The third-order valence-electron chi connectivity index (χ3n) is 3.67. The van der Waals surface area contributed by atoms with Crippen LogP contribution in [-0.2, 0) is 0 Å². The number of nitrogens with zero attached hydrogens (tertiary/aromatic N) is 3. The molecule has 0 spiro atoms. The van der Waals surface area contributed by atoms with Crippen molar-refractivity contribution in [3.63, 3.8) is 0 Å². The summed E-state index contributed by atoms with van der Waals surface area (Å²) in [5, 5.41) is 3.22. The Hall–Kier alpha value is -1.62. The summed E-state index contributed by atoms with van der Waals surface area (Å²) in [5.74, 6) is 0.896. The van der Waals surface area contributed by atoms with Crippen molar-refractivity contribution in [2.24, 2.45) is 0 Å². The van der Waals surface area contributed by atoms with Crippen molar-refractivity contribution < 1.29 is 4.79 Å². The van der Waals surface area contributed by atoms with Gasteiger partial charge in [-0.2, -0.15) is 0 Å². The van der Waals surface area contributed by atoms with E-state index in [-0.39, 0.29) is 5.91 Å². The molecule has 110 valence electrons. The van der Waals surface area contributed by atoms with Gasteiger partial charge in [0.1, 0.15) is 5.82 Å². The molecule has 0 saturated carbocycles. The van der Waals surface area contributed by atoms with Crippen LogP contribution in [0.25, 0.3) is 0 Å². The van der Waals surface area contributed by atoms with Gasteiger partial charge in [-0.3, -0.25) is 4.79 Å². The number of amides is 1. The molecule has 0 unspecified atom stereocenters. The number of piperazine rings is 1. The van der Waals surface area contributed by atoms with Gasteiger partial charge in [-0.15, -0.1) is 0 Å². The number of likely N-dealkylation sites (N-methyl/N-ethyl adjacent to an activating group) is 1. The van der Waals surface area contributed by atoms with Crippen LogP contribution in [0.5, 0.6) is 0 Å². The van der Waals surface area contributed by atoms with Gasteiger partial charge in [0.15, 0.2) is 0 Å². The zero-order valence-electron chi connectivity index (χ0n) is 12.4. The molecule has 1 aliphatic heterocycles. The maximum absolute atomic E-state index is 12.5. The van der Waals surface area contributed by atoms with Crippen LogP contribution < -0.4 is 5.32 Å². The lowest BCUT2D eigenvalue weighted by atomic mass is 10.2. The van der Waals surface area contributed by atoms with E-state index in [1.165, 1.54) is 0 Å². The van der Waals surface area contributed by atoms with Crippen LogP contribution in [-0.4, -0.2) is 60.0 Å². The van der Waals surface area contributed by atoms with Crippen molar-refractivity contribution in [3.8, 4) is 0 Å². The van der Waals surface area contributed by atoms with Gasteiger partial charge >= 0.3 is 0 Å². The van der Waals surface area contributed by atoms with Gasteiger partial charge in [-0.05, 0) is 25.1 Å². The summed E-state index contributed by atoms with van der Waals surface area (Å²) in [6.45, 7) is 9.76. The van der Waals surface area contributed by atoms with Crippen molar-refractivity contribution >= 4 is 11.7 Å². The molecule has 0 atom stereocenters. The van der Waals surface area contributed by atoms with E-state index in [9.17, 15) is 4.79 Å². The SMILES string of the molecule is CCCNc1cc(C(=O)N2CCN(CC)CC2)ccn1. The summed E-state index contributed by atoms with van der Waals surface area (Å²) in [7, 11) is 0. The molecule has 1 fully saturated rings. The summed E-state index contributed by atoms with van der Waals surface area (Å²) in [4.78, 5) is 21.0. The first-order valence-electron chi connectivity index (χ1n) is 7.46. The smallest absolute Gasteiger partial charge is 0.254 e. The highest BCUT2D eigenvalue weighted by Gasteiger charge is 2.21. The first-order valence-corrected chi connectivity index (χ1v) is 7.46. The number of hydrogen-bond acceptors (Lipinski definition) is 4. The second-order valence-electron chi connectivity index (χ2n) is 5.08. The molecular formula is C15H24N4O. The molecule has 0 aromatic carbocycles. The van der Waals surface area contributed by atoms with E-state index in [1.54, 1.807) is 12.3 Å². The number of nitrogens with one attached hydrogen (secondary N) is 1. The number of anilines is 1. The molecule has 0 radical (unpaired) electrons. The lowest BCUT2D eigenvalue weighted by Crippen LogP contribution is -2.48. The number of hydrogen-bond donors (Lipinski definition) is 1. The summed E-state index contributed by atoms with van der Waals surface area (Å²) in [5.41, 5.74) is 0.726. The first kappa shape index (κ1) is 14.8.